The standard InChI is InChI=1S/C19H20FN3O/c1-14(24)17-8-7-15(13-18(17)20)19(21)23-11-9-22(10-12-23)16-5-3-2-4-6-16/h2-8,13,21H,9-12H2,1H3. The number of piperazine rings is 1. The molecule has 0 bridgehead atoms. The van der Waals surface area contributed by atoms with Gasteiger partial charge in [0.2, 0.25) is 0 Å². The van der Waals surface area contributed by atoms with Gasteiger partial charge >= 0.3 is 0 Å². The van der Waals surface area contributed by atoms with E-state index in [0.29, 0.717) is 24.5 Å². The molecule has 0 amide bonds. The van der Waals surface area contributed by atoms with Crippen LogP contribution in [-0.4, -0.2) is 42.7 Å². The quantitative estimate of drug-likeness (QED) is 0.536. The number of amidine groups is 1. The van der Waals surface area contributed by atoms with Crippen LogP contribution < -0.4 is 4.90 Å². The molecule has 2 aromatic rings. The largest absolute Gasteiger partial charge is 0.368 e. The van der Waals surface area contributed by atoms with E-state index < -0.39 is 5.82 Å². The minimum atomic E-state index is -0.562. The number of ketones is 1. The van der Waals surface area contributed by atoms with Crippen LogP contribution in [0.5, 0.6) is 0 Å². The smallest absolute Gasteiger partial charge is 0.162 e. The van der Waals surface area contributed by atoms with Crippen LogP contribution >= 0.6 is 0 Å². The lowest BCUT2D eigenvalue weighted by atomic mass is 10.1. The molecule has 0 radical (unpaired) electrons. The Morgan fingerprint density at radius 1 is 1.04 bits per heavy atom. The number of nitrogens with zero attached hydrogens (tertiary/aromatic N) is 2. The SMILES string of the molecule is CC(=O)c1ccc(C(=N)N2CCN(c3ccccc3)CC2)cc1F. The summed E-state index contributed by atoms with van der Waals surface area (Å²) in [5.74, 6) is -0.563. The molecule has 1 aliphatic heterocycles. The van der Waals surface area contributed by atoms with Gasteiger partial charge in [0.05, 0.1) is 5.56 Å². The molecule has 5 heteroatoms. The van der Waals surface area contributed by atoms with Crippen molar-refractivity contribution < 1.29 is 9.18 Å². The lowest BCUT2D eigenvalue weighted by Gasteiger charge is -2.37. The number of halogens is 1. The van der Waals surface area contributed by atoms with E-state index in [9.17, 15) is 9.18 Å². The highest BCUT2D eigenvalue weighted by Gasteiger charge is 2.21. The zero-order chi connectivity index (χ0) is 17.1. The minimum Gasteiger partial charge on any atom is -0.368 e. The molecule has 0 atom stereocenters. The summed E-state index contributed by atoms with van der Waals surface area (Å²) in [6.07, 6.45) is 0. The third-order valence-electron chi connectivity index (χ3n) is 4.34. The van der Waals surface area contributed by atoms with Gasteiger partial charge in [0.15, 0.2) is 5.78 Å². The molecule has 24 heavy (non-hydrogen) atoms. The number of benzene rings is 2. The number of hydrogen-bond acceptors (Lipinski definition) is 3. The van der Waals surface area contributed by atoms with Crippen LogP contribution in [0.3, 0.4) is 0 Å². The van der Waals surface area contributed by atoms with E-state index in [-0.39, 0.29) is 11.3 Å². The van der Waals surface area contributed by atoms with E-state index in [4.69, 9.17) is 5.41 Å². The number of carbonyl (C=O) groups is 1. The molecule has 0 saturated carbocycles. The summed E-state index contributed by atoms with van der Waals surface area (Å²) < 4.78 is 14.0. The van der Waals surface area contributed by atoms with Gasteiger partial charge in [-0.3, -0.25) is 10.2 Å². The van der Waals surface area contributed by atoms with Gasteiger partial charge in [-0.1, -0.05) is 24.3 Å². The van der Waals surface area contributed by atoms with E-state index >= 15 is 0 Å². The molecule has 0 aromatic heterocycles. The number of Topliss-reactive ketones (excluding diaryl/α,β-unsaturated/α-hetero) is 1. The average molecular weight is 325 g/mol. The highest BCUT2D eigenvalue weighted by Crippen LogP contribution is 2.18. The second kappa shape index (κ2) is 6.83. The van der Waals surface area contributed by atoms with Crippen molar-refractivity contribution >= 4 is 17.3 Å². The first-order chi connectivity index (χ1) is 11.6. The summed E-state index contributed by atoms with van der Waals surface area (Å²) in [6, 6.07) is 14.6. The fourth-order valence-corrected chi connectivity index (χ4v) is 2.96. The van der Waals surface area contributed by atoms with Crippen LogP contribution in [0, 0.1) is 11.2 Å². The first-order valence-electron chi connectivity index (χ1n) is 8.00. The Labute approximate surface area is 141 Å². The number of para-hydroxylation sites is 1. The summed E-state index contributed by atoms with van der Waals surface area (Å²) in [7, 11) is 0. The monoisotopic (exact) mass is 325 g/mol. The first kappa shape index (κ1) is 16.2. The normalized spacial score (nSPS) is 14.6. The summed E-state index contributed by atoms with van der Waals surface area (Å²) in [4.78, 5) is 15.5. The Morgan fingerprint density at radius 2 is 1.71 bits per heavy atom. The van der Waals surface area contributed by atoms with Gasteiger partial charge in [-0.05, 0) is 31.2 Å². The van der Waals surface area contributed by atoms with Crippen LogP contribution in [0.2, 0.25) is 0 Å². The maximum absolute atomic E-state index is 14.0. The zero-order valence-corrected chi connectivity index (χ0v) is 13.6. The summed E-state index contributed by atoms with van der Waals surface area (Å²) in [6.45, 7) is 4.40. The Balaban J connectivity index is 1.67. The van der Waals surface area contributed by atoms with Gasteiger partial charge in [0.25, 0.3) is 0 Å². The number of rotatable bonds is 3. The second-order valence-electron chi connectivity index (χ2n) is 5.91. The molecule has 1 N–H and O–H groups in total. The van der Waals surface area contributed by atoms with Crippen molar-refractivity contribution in [2.24, 2.45) is 0 Å². The van der Waals surface area contributed by atoms with Crippen LogP contribution in [0.4, 0.5) is 10.1 Å². The highest BCUT2D eigenvalue weighted by atomic mass is 19.1. The third kappa shape index (κ3) is 3.30. The molecule has 1 fully saturated rings. The Hall–Kier alpha value is -2.69. The van der Waals surface area contributed by atoms with Crippen molar-refractivity contribution in [2.45, 2.75) is 6.92 Å². The maximum Gasteiger partial charge on any atom is 0.162 e. The Morgan fingerprint density at radius 3 is 2.29 bits per heavy atom. The van der Waals surface area contributed by atoms with Gasteiger partial charge in [-0.25, -0.2) is 4.39 Å². The molecule has 3 rings (SSSR count). The maximum atomic E-state index is 14.0. The summed E-state index contributed by atoms with van der Waals surface area (Å²) in [5.41, 5.74) is 1.76. The van der Waals surface area contributed by atoms with Crippen LogP contribution in [0.25, 0.3) is 0 Å². The van der Waals surface area contributed by atoms with E-state index in [1.54, 1.807) is 6.07 Å². The molecule has 2 aromatic carbocycles. The Kier molecular flexibility index (Phi) is 4.60. The predicted octanol–water partition coefficient (Wildman–Crippen LogP) is 3.18. The van der Waals surface area contributed by atoms with E-state index in [1.165, 1.54) is 24.7 Å². The zero-order valence-electron chi connectivity index (χ0n) is 13.6. The summed E-state index contributed by atoms with van der Waals surface area (Å²) in [5, 5.41) is 8.32. The molecule has 0 unspecified atom stereocenters. The molecule has 1 heterocycles. The molecule has 1 aliphatic rings. The van der Waals surface area contributed by atoms with E-state index in [2.05, 4.69) is 17.0 Å². The highest BCUT2D eigenvalue weighted by molar-refractivity contribution is 5.99. The van der Waals surface area contributed by atoms with Gasteiger partial charge in [0.1, 0.15) is 11.7 Å². The molecule has 0 aliphatic carbocycles. The van der Waals surface area contributed by atoms with Crippen molar-refractivity contribution in [3.05, 3.63) is 65.5 Å². The summed E-state index contributed by atoms with van der Waals surface area (Å²) >= 11 is 0. The van der Waals surface area contributed by atoms with Crippen molar-refractivity contribution in [2.75, 3.05) is 31.1 Å². The predicted molar refractivity (Wildman–Crippen MR) is 93.5 cm³/mol. The van der Waals surface area contributed by atoms with Crippen LogP contribution in [0.15, 0.2) is 48.5 Å². The first-order valence-corrected chi connectivity index (χ1v) is 8.00. The van der Waals surface area contributed by atoms with Crippen molar-refractivity contribution in [3.63, 3.8) is 0 Å². The number of anilines is 1. The lowest BCUT2D eigenvalue weighted by Crippen LogP contribution is -2.48. The fraction of sp³-hybridized carbons (Fsp3) is 0.263. The third-order valence-corrected chi connectivity index (χ3v) is 4.34. The van der Waals surface area contributed by atoms with Crippen molar-refractivity contribution in [1.29, 1.82) is 5.41 Å². The fourth-order valence-electron chi connectivity index (χ4n) is 2.96. The molecule has 0 spiro atoms. The number of carbonyl (C=O) groups excluding carboxylic acids is 1. The lowest BCUT2D eigenvalue weighted by molar-refractivity contribution is 0.101. The van der Waals surface area contributed by atoms with Crippen LogP contribution in [0.1, 0.15) is 22.8 Å². The van der Waals surface area contributed by atoms with E-state index in [1.807, 2.05) is 23.1 Å². The van der Waals surface area contributed by atoms with Gasteiger partial charge < -0.3 is 9.80 Å². The number of hydrogen-bond donors (Lipinski definition) is 1. The van der Waals surface area contributed by atoms with Crippen LogP contribution in [-0.2, 0) is 0 Å². The Bertz CT molecular complexity index is 752. The van der Waals surface area contributed by atoms with Gasteiger partial charge in [-0.15, -0.1) is 0 Å². The minimum absolute atomic E-state index is 0.0699. The molecular weight excluding hydrogens is 305 g/mol. The second-order valence-corrected chi connectivity index (χ2v) is 5.91. The average Bonchev–Trinajstić information content (AvgIpc) is 2.61. The van der Waals surface area contributed by atoms with Crippen molar-refractivity contribution in [1.82, 2.24) is 4.90 Å². The number of nitrogens with one attached hydrogen (secondary N) is 1. The van der Waals surface area contributed by atoms with Crippen molar-refractivity contribution in [3.8, 4) is 0 Å². The van der Waals surface area contributed by atoms with E-state index in [0.717, 1.165) is 13.1 Å². The van der Waals surface area contributed by atoms with Gasteiger partial charge in [-0.2, -0.15) is 0 Å². The topological polar surface area (TPSA) is 47.4 Å². The molecule has 1 saturated heterocycles. The molecule has 124 valence electrons. The molecular formula is C19H20FN3O. The molecule has 4 nitrogen and oxygen atoms in total. The van der Waals surface area contributed by atoms with Gasteiger partial charge in [0, 0.05) is 37.4 Å².